The molecule has 0 amide bonds. The van der Waals surface area contributed by atoms with Crippen molar-refractivity contribution in [2.75, 3.05) is 0 Å². The van der Waals surface area contributed by atoms with Gasteiger partial charge in [0.05, 0.1) is 0 Å². The zero-order chi connectivity index (χ0) is 9.84. The predicted octanol–water partition coefficient (Wildman–Crippen LogP) is 1.52. The van der Waals surface area contributed by atoms with Crippen LogP contribution in [0.4, 0.5) is 0 Å². The Morgan fingerprint density at radius 2 is 2.31 bits per heavy atom. The van der Waals surface area contributed by atoms with Gasteiger partial charge in [0.25, 0.3) is 0 Å². The topological polar surface area (TPSA) is 34.9 Å². The number of allylic oxidation sites excluding steroid dienone is 2. The van der Waals surface area contributed by atoms with Gasteiger partial charge in [-0.25, -0.2) is 4.79 Å². The molecule has 0 radical (unpaired) electrons. The summed E-state index contributed by atoms with van der Waals surface area (Å²) in [7, 11) is 0. The summed E-state index contributed by atoms with van der Waals surface area (Å²) in [6, 6.07) is 1.83. The van der Waals surface area contributed by atoms with Crippen molar-refractivity contribution in [3.63, 3.8) is 0 Å². The highest BCUT2D eigenvalue weighted by molar-refractivity contribution is 4.98. The average Bonchev–Trinajstić information content (AvgIpc) is 2.02. The molecule has 0 aliphatic heterocycles. The number of aryl methyl sites for hydroxylation is 1. The first-order valence-electron chi connectivity index (χ1n) is 4.27. The van der Waals surface area contributed by atoms with E-state index in [0.29, 0.717) is 6.54 Å². The standard InChI is InChI=1S/C10H14N2O/c1-8(2)4-6-12-7-5-9(3)11-10(12)13/h4-5,7H,6H2,1-3H3. The Kier molecular flexibility index (Phi) is 3.01. The van der Waals surface area contributed by atoms with Crippen LogP contribution in [0.1, 0.15) is 19.5 Å². The van der Waals surface area contributed by atoms with E-state index < -0.39 is 0 Å². The molecule has 0 bridgehead atoms. The minimum Gasteiger partial charge on any atom is -0.295 e. The highest BCUT2D eigenvalue weighted by Gasteiger charge is 1.93. The largest absolute Gasteiger partial charge is 0.348 e. The average molecular weight is 178 g/mol. The second-order valence-electron chi connectivity index (χ2n) is 3.29. The fourth-order valence-electron chi connectivity index (χ4n) is 0.934. The molecule has 1 aromatic rings. The van der Waals surface area contributed by atoms with Crippen LogP contribution in [0, 0.1) is 6.92 Å². The van der Waals surface area contributed by atoms with Gasteiger partial charge in [-0.2, -0.15) is 4.98 Å². The molecule has 3 heteroatoms. The molecule has 0 spiro atoms. The van der Waals surface area contributed by atoms with Crippen molar-refractivity contribution in [1.82, 2.24) is 9.55 Å². The minimum atomic E-state index is -0.183. The summed E-state index contributed by atoms with van der Waals surface area (Å²) in [5, 5.41) is 0. The number of nitrogens with zero attached hydrogens (tertiary/aromatic N) is 2. The summed E-state index contributed by atoms with van der Waals surface area (Å²) in [5.74, 6) is 0. The van der Waals surface area contributed by atoms with E-state index in [4.69, 9.17) is 0 Å². The van der Waals surface area contributed by atoms with Crippen LogP contribution in [-0.4, -0.2) is 9.55 Å². The monoisotopic (exact) mass is 178 g/mol. The first kappa shape index (κ1) is 9.71. The van der Waals surface area contributed by atoms with E-state index in [1.54, 1.807) is 10.8 Å². The van der Waals surface area contributed by atoms with Crippen molar-refractivity contribution in [1.29, 1.82) is 0 Å². The normalized spacial score (nSPS) is 9.77. The van der Waals surface area contributed by atoms with E-state index in [-0.39, 0.29) is 5.69 Å². The Labute approximate surface area is 77.7 Å². The number of hydrogen-bond acceptors (Lipinski definition) is 2. The van der Waals surface area contributed by atoms with Crippen LogP contribution in [0.15, 0.2) is 28.7 Å². The van der Waals surface area contributed by atoms with E-state index in [2.05, 4.69) is 4.98 Å². The minimum absolute atomic E-state index is 0.183. The Bertz CT molecular complexity index is 373. The van der Waals surface area contributed by atoms with Gasteiger partial charge in [-0.05, 0) is 26.8 Å². The first-order valence-corrected chi connectivity index (χ1v) is 4.27. The quantitative estimate of drug-likeness (QED) is 0.643. The molecule has 1 rings (SSSR count). The second kappa shape index (κ2) is 4.03. The van der Waals surface area contributed by atoms with Crippen molar-refractivity contribution < 1.29 is 0 Å². The molecule has 70 valence electrons. The van der Waals surface area contributed by atoms with Crippen LogP contribution in [0.5, 0.6) is 0 Å². The van der Waals surface area contributed by atoms with Crippen molar-refractivity contribution in [3.8, 4) is 0 Å². The van der Waals surface area contributed by atoms with Gasteiger partial charge in [0.2, 0.25) is 0 Å². The SMILES string of the molecule is CC(C)=CCn1ccc(C)nc1=O. The van der Waals surface area contributed by atoms with Gasteiger partial charge in [0.15, 0.2) is 0 Å². The Hall–Kier alpha value is -1.38. The highest BCUT2D eigenvalue weighted by atomic mass is 16.1. The van der Waals surface area contributed by atoms with Crippen molar-refractivity contribution in [3.05, 3.63) is 40.1 Å². The van der Waals surface area contributed by atoms with Crippen LogP contribution in [-0.2, 0) is 6.54 Å². The van der Waals surface area contributed by atoms with E-state index >= 15 is 0 Å². The number of rotatable bonds is 2. The Morgan fingerprint density at radius 3 is 2.85 bits per heavy atom. The van der Waals surface area contributed by atoms with Crippen LogP contribution in [0.25, 0.3) is 0 Å². The number of aromatic nitrogens is 2. The molecule has 0 saturated carbocycles. The molecule has 0 atom stereocenters. The molecule has 0 aliphatic carbocycles. The third-order valence-electron chi connectivity index (χ3n) is 1.71. The molecule has 3 nitrogen and oxygen atoms in total. The fraction of sp³-hybridized carbons (Fsp3) is 0.400. The lowest BCUT2D eigenvalue weighted by Crippen LogP contribution is -2.22. The first-order chi connectivity index (χ1) is 6.09. The molecule has 13 heavy (non-hydrogen) atoms. The smallest absolute Gasteiger partial charge is 0.295 e. The molecular weight excluding hydrogens is 164 g/mol. The van der Waals surface area contributed by atoms with E-state index in [1.165, 1.54) is 5.57 Å². The lowest BCUT2D eigenvalue weighted by atomic mass is 10.3. The fourth-order valence-corrected chi connectivity index (χ4v) is 0.934. The summed E-state index contributed by atoms with van der Waals surface area (Å²) in [6.07, 6.45) is 3.77. The highest BCUT2D eigenvalue weighted by Crippen LogP contribution is 1.91. The van der Waals surface area contributed by atoms with Crippen molar-refractivity contribution in [2.45, 2.75) is 27.3 Å². The van der Waals surface area contributed by atoms with Gasteiger partial charge in [0.1, 0.15) is 0 Å². The second-order valence-corrected chi connectivity index (χ2v) is 3.29. The summed E-state index contributed by atoms with van der Waals surface area (Å²) in [6.45, 7) is 6.43. The third-order valence-corrected chi connectivity index (χ3v) is 1.71. The third kappa shape index (κ3) is 2.86. The Balaban J connectivity index is 2.91. The lowest BCUT2D eigenvalue weighted by molar-refractivity contribution is 0.733. The molecule has 1 heterocycles. The zero-order valence-electron chi connectivity index (χ0n) is 8.24. The van der Waals surface area contributed by atoms with Crippen LogP contribution >= 0.6 is 0 Å². The van der Waals surface area contributed by atoms with E-state index in [0.717, 1.165) is 5.69 Å². The van der Waals surface area contributed by atoms with Gasteiger partial charge in [0, 0.05) is 18.4 Å². The Morgan fingerprint density at radius 1 is 1.62 bits per heavy atom. The zero-order valence-corrected chi connectivity index (χ0v) is 8.24. The van der Waals surface area contributed by atoms with Gasteiger partial charge < -0.3 is 0 Å². The summed E-state index contributed by atoms with van der Waals surface area (Å²) in [5.41, 5.74) is 1.78. The summed E-state index contributed by atoms with van der Waals surface area (Å²) < 4.78 is 1.58. The van der Waals surface area contributed by atoms with Crippen molar-refractivity contribution >= 4 is 0 Å². The number of hydrogen-bond donors (Lipinski definition) is 0. The van der Waals surface area contributed by atoms with Gasteiger partial charge in [-0.1, -0.05) is 11.6 Å². The van der Waals surface area contributed by atoms with E-state index in [1.807, 2.05) is 32.9 Å². The molecule has 1 aromatic heterocycles. The maximum Gasteiger partial charge on any atom is 0.348 e. The molecule has 0 fully saturated rings. The van der Waals surface area contributed by atoms with E-state index in [9.17, 15) is 4.79 Å². The van der Waals surface area contributed by atoms with Crippen LogP contribution in [0.3, 0.4) is 0 Å². The molecule has 0 saturated heterocycles. The molecule has 0 unspecified atom stereocenters. The maximum atomic E-state index is 11.3. The maximum absolute atomic E-state index is 11.3. The van der Waals surface area contributed by atoms with Crippen LogP contribution < -0.4 is 5.69 Å². The van der Waals surface area contributed by atoms with Gasteiger partial charge >= 0.3 is 5.69 Å². The summed E-state index contributed by atoms with van der Waals surface area (Å²) in [4.78, 5) is 15.1. The van der Waals surface area contributed by atoms with Gasteiger partial charge in [-0.15, -0.1) is 0 Å². The predicted molar refractivity (Wildman–Crippen MR) is 52.7 cm³/mol. The molecule has 0 aliphatic rings. The van der Waals surface area contributed by atoms with Gasteiger partial charge in [-0.3, -0.25) is 4.57 Å². The lowest BCUT2D eigenvalue weighted by Gasteiger charge is -2.00. The van der Waals surface area contributed by atoms with Crippen molar-refractivity contribution in [2.24, 2.45) is 0 Å². The summed E-state index contributed by atoms with van der Waals surface area (Å²) >= 11 is 0. The molecule has 0 aromatic carbocycles. The molecule has 0 N–H and O–H groups in total. The van der Waals surface area contributed by atoms with Crippen LogP contribution in [0.2, 0.25) is 0 Å². The molecular formula is C10H14N2O.